The molecule has 0 aliphatic carbocycles. The number of nitrogens with one attached hydrogen (secondary N) is 1. The van der Waals surface area contributed by atoms with Crippen LogP contribution in [0, 0.1) is 17.4 Å². The van der Waals surface area contributed by atoms with E-state index in [1.807, 2.05) is 18.3 Å². The highest BCUT2D eigenvalue weighted by atomic mass is 32.2. The second-order valence-electron chi connectivity index (χ2n) is 6.80. The molecule has 0 spiro atoms. The zero-order valence-corrected chi connectivity index (χ0v) is 17.3. The number of piperidine rings is 1. The second-order valence-corrected chi connectivity index (χ2v) is 10.1. The second kappa shape index (κ2) is 8.78. The number of anilines is 1. The molecule has 0 amide bonds. The van der Waals surface area contributed by atoms with Gasteiger partial charge in [-0.15, -0.1) is 0 Å². The predicted octanol–water partition coefficient (Wildman–Crippen LogP) is 3.53. The highest BCUT2D eigenvalue weighted by Crippen LogP contribution is 2.34. The van der Waals surface area contributed by atoms with Gasteiger partial charge < -0.3 is 4.90 Å². The number of aliphatic imine (C=N–C) groups is 1. The van der Waals surface area contributed by atoms with Crippen LogP contribution in [0.25, 0.3) is 0 Å². The molecule has 1 N–H and O–H groups in total. The molecular weight excluding hydrogens is 368 g/mol. The lowest BCUT2D eigenvalue weighted by molar-refractivity contribution is 0.447. The fourth-order valence-electron chi connectivity index (χ4n) is 2.99. The Bertz CT molecular complexity index is 813. The van der Waals surface area contributed by atoms with E-state index in [4.69, 9.17) is 5.26 Å². The van der Waals surface area contributed by atoms with Gasteiger partial charge in [-0.05, 0) is 57.1 Å². The summed E-state index contributed by atoms with van der Waals surface area (Å²) >= 11 is 1.27. The molecule has 142 valence electrons. The fraction of sp³-hybridized carbons (Fsp3) is 0.556. The van der Waals surface area contributed by atoms with Crippen LogP contribution in [0.3, 0.4) is 0 Å². The summed E-state index contributed by atoms with van der Waals surface area (Å²) in [4.78, 5) is 6.90. The van der Waals surface area contributed by atoms with Gasteiger partial charge in [-0.2, -0.15) is 5.26 Å². The number of amidine groups is 1. The first-order chi connectivity index (χ1) is 12.3. The van der Waals surface area contributed by atoms with Crippen LogP contribution in [0.2, 0.25) is 0 Å². The van der Waals surface area contributed by atoms with Crippen LogP contribution in [0.4, 0.5) is 11.4 Å². The molecule has 1 aromatic rings. The van der Waals surface area contributed by atoms with Crippen molar-refractivity contribution < 1.29 is 8.42 Å². The zero-order valence-electron chi connectivity index (χ0n) is 15.7. The molecule has 8 heteroatoms. The molecular formula is C18H26N4O2S2. The third-order valence-corrected chi connectivity index (χ3v) is 7.25. The molecule has 1 heterocycles. The van der Waals surface area contributed by atoms with E-state index in [9.17, 15) is 8.42 Å². The van der Waals surface area contributed by atoms with Crippen molar-refractivity contribution in [3.05, 3.63) is 18.2 Å². The molecule has 1 saturated heterocycles. The Hall–Kier alpha value is -1.72. The van der Waals surface area contributed by atoms with E-state index in [1.54, 1.807) is 26.2 Å². The van der Waals surface area contributed by atoms with E-state index in [-0.39, 0.29) is 4.90 Å². The van der Waals surface area contributed by atoms with Crippen LogP contribution in [0.1, 0.15) is 33.6 Å². The Labute approximate surface area is 160 Å². The monoisotopic (exact) mass is 394 g/mol. The number of thioether (sulfide) groups is 1. The first-order valence-corrected chi connectivity index (χ1v) is 11.5. The quantitative estimate of drug-likeness (QED) is 0.364. The van der Waals surface area contributed by atoms with Gasteiger partial charge in [0.05, 0.1) is 15.8 Å². The van der Waals surface area contributed by atoms with Crippen LogP contribution in [0.15, 0.2) is 28.1 Å². The Morgan fingerprint density at radius 3 is 2.77 bits per heavy atom. The van der Waals surface area contributed by atoms with E-state index < -0.39 is 15.1 Å². The summed E-state index contributed by atoms with van der Waals surface area (Å²) in [5, 5.41) is 11.2. The molecule has 2 rings (SSSR count). The van der Waals surface area contributed by atoms with Crippen molar-refractivity contribution in [2.24, 2.45) is 10.9 Å². The lowest BCUT2D eigenvalue weighted by Gasteiger charge is -2.33. The van der Waals surface area contributed by atoms with Crippen molar-refractivity contribution in [2.75, 3.05) is 24.2 Å². The van der Waals surface area contributed by atoms with Gasteiger partial charge in [0.15, 0.2) is 21.2 Å². The predicted molar refractivity (Wildman–Crippen MR) is 109 cm³/mol. The van der Waals surface area contributed by atoms with Crippen molar-refractivity contribution in [2.45, 2.75) is 43.8 Å². The number of hydrogen-bond acceptors (Lipinski definition) is 6. The molecule has 1 aliphatic heterocycles. The zero-order chi connectivity index (χ0) is 19.3. The first kappa shape index (κ1) is 20.6. The highest BCUT2D eigenvalue weighted by Gasteiger charge is 2.25. The summed E-state index contributed by atoms with van der Waals surface area (Å²) in [5.74, 6) is 0.608. The number of benzene rings is 1. The minimum atomic E-state index is -3.48. The molecule has 0 bridgehead atoms. The average molecular weight is 395 g/mol. The summed E-state index contributed by atoms with van der Waals surface area (Å²) in [7, 11) is -3.48. The van der Waals surface area contributed by atoms with E-state index in [0.717, 1.165) is 25.2 Å². The number of nitrogens with zero attached hydrogens (tertiary/aromatic N) is 3. The molecule has 1 aromatic carbocycles. The fourth-order valence-corrected chi connectivity index (χ4v) is 4.49. The van der Waals surface area contributed by atoms with E-state index in [1.165, 1.54) is 18.2 Å². The molecule has 6 nitrogen and oxygen atoms in total. The summed E-state index contributed by atoms with van der Waals surface area (Å²) in [6, 6.07) is 5.33. The largest absolute Gasteiger partial charge is 0.371 e. The number of rotatable bonds is 4. The van der Waals surface area contributed by atoms with Crippen LogP contribution in [-0.2, 0) is 9.84 Å². The van der Waals surface area contributed by atoms with Crippen molar-refractivity contribution in [1.29, 1.82) is 5.26 Å². The molecule has 26 heavy (non-hydrogen) atoms. The Morgan fingerprint density at radius 2 is 2.19 bits per heavy atom. The Morgan fingerprint density at radius 1 is 1.46 bits per heavy atom. The van der Waals surface area contributed by atoms with Gasteiger partial charge in [0, 0.05) is 18.8 Å². The van der Waals surface area contributed by atoms with E-state index in [2.05, 4.69) is 22.1 Å². The number of nitriles is 1. The van der Waals surface area contributed by atoms with Crippen molar-refractivity contribution in [3.63, 3.8) is 0 Å². The lowest BCUT2D eigenvalue weighted by Crippen LogP contribution is -2.34. The van der Waals surface area contributed by atoms with Crippen molar-refractivity contribution >= 4 is 38.1 Å². The van der Waals surface area contributed by atoms with Gasteiger partial charge in [-0.3, -0.25) is 5.32 Å². The van der Waals surface area contributed by atoms with Gasteiger partial charge in [-0.25, -0.2) is 13.4 Å². The highest BCUT2D eigenvalue weighted by molar-refractivity contribution is 8.13. The maximum atomic E-state index is 12.7. The Balaban J connectivity index is 2.54. The van der Waals surface area contributed by atoms with Crippen LogP contribution in [0.5, 0.6) is 0 Å². The first-order valence-electron chi connectivity index (χ1n) is 8.70. The van der Waals surface area contributed by atoms with Gasteiger partial charge >= 0.3 is 0 Å². The van der Waals surface area contributed by atoms with Crippen molar-refractivity contribution in [1.82, 2.24) is 5.32 Å². The minimum Gasteiger partial charge on any atom is -0.371 e. The summed E-state index contributed by atoms with van der Waals surface area (Å²) in [6.07, 6.45) is 5.97. The lowest BCUT2D eigenvalue weighted by atomic mass is 10.00. The molecule has 0 saturated carbocycles. The standard InChI is InChI=1S/C18H26N4O2S2/c1-13(2)26(23,24)17-8-7-15(22-9-5-6-14(3)11-22)10-16(17)21-18(25-4)20-12-19/h7-8,10,13-14H,5-6,9,11H2,1-4H3,(H,20,21). The normalized spacial score (nSPS) is 18.7. The summed E-state index contributed by atoms with van der Waals surface area (Å²) < 4.78 is 25.5. The number of sulfone groups is 1. The van der Waals surface area contributed by atoms with Crippen molar-refractivity contribution in [3.8, 4) is 6.19 Å². The molecule has 0 radical (unpaired) electrons. The maximum Gasteiger partial charge on any atom is 0.183 e. The van der Waals surface area contributed by atoms with Crippen LogP contribution >= 0.6 is 11.8 Å². The summed E-state index contributed by atoms with van der Waals surface area (Å²) in [5.41, 5.74) is 1.34. The van der Waals surface area contributed by atoms with Crippen LogP contribution in [-0.4, -0.2) is 38.2 Å². The van der Waals surface area contributed by atoms with Gasteiger partial charge in [-0.1, -0.05) is 18.7 Å². The molecule has 1 fully saturated rings. The molecule has 1 atom stereocenters. The van der Waals surface area contributed by atoms with Gasteiger partial charge in [0.2, 0.25) is 0 Å². The van der Waals surface area contributed by atoms with Crippen LogP contribution < -0.4 is 10.2 Å². The average Bonchev–Trinajstić information content (AvgIpc) is 2.61. The third-order valence-electron chi connectivity index (χ3n) is 4.47. The number of hydrogen-bond donors (Lipinski definition) is 1. The van der Waals surface area contributed by atoms with E-state index in [0.29, 0.717) is 16.8 Å². The topological polar surface area (TPSA) is 85.6 Å². The summed E-state index contributed by atoms with van der Waals surface area (Å²) in [6.45, 7) is 7.45. The molecule has 1 unspecified atom stereocenters. The molecule has 0 aromatic heterocycles. The Kier molecular flexibility index (Phi) is 6.95. The molecule has 1 aliphatic rings. The minimum absolute atomic E-state index is 0.201. The van der Waals surface area contributed by atoms with E-state index >= 15 is 0 Å². The third kappa shape index (κ3) is 4.71. The maximum absolute atomic E-state index is 12.7. The van der Waals surface area contributed by atoms with Gasteiger partial charge in [0.1, 0.15) is 0 Å². The smallest absolute Gasteiger partial charge is 0.183 e. The SMILES string of the molecule is CSC(=Nc1cc(N2CCCC(C)C2)ccc1S(=O)(=O)C(C)C)NC#N. The van der Waals surface area contributed by atoms with Gasteiger partial charge in [0.25, 0.3) is 0 Å².